The van der Waals surface area contributed by atoms with Crippen molar-refractivity contribution < 1.29 is 29.5 Å². The average molecular weight is 407 g/mol. The number of aliphatic carboxylic acids is 1. The molecule has 2 N–H and O–H groups in total. The van der Waals surface area contributed by atoms with Gasteiger partial charge in [-0.2, -0.15) is 4.89 Å². The lowest BCUT2D eigenvalue weighted by Crippen LogP contribution is -2.76. The van der Waals surface area contributed by atoms with Crippen LogP contribution in [0.4, 0.5) is 0 Å². The van der Waals surface area contributed by atoms with Crippen LogP contribution in [0.2, 0.25) is 5.02 Å². The van der Waals surface area contributed by atoms with Gasteiger partial charge in [-0.25, -0.2) is 9.68 Å². The molecule has 4 bridgehead atoms. The smallest absolute Gasteiger partial charge is 0.328 e. The van der Waals surface area contributed by atoms with Crippen molar-refractivity contribution in [1.29, 1.82) is 0 Å². The molecule has 0 radical (unpaired) electrons. The number of halogens is 1. The first-order chi connectivity index (χ1) is 13.4. The van der Waals surface area contributed by atoms with Crippen LogP contribution in [0.15, 0.2) is 18.2 Å². The summed E-state index contributed by atoms with van der Waals surface area (Å²) >= 11 is 6.54. The molecule has 1 atom stereocenters. The maximum Gasteiger partial charge on any atom is 0.328 e. The molecule has 1 unspecified atom stereocenters. The van der Waals surface area contributed by atoms with Gasteiger partial charge in [0.1, 0.15) is 5.75 Å². The normalized spacial score (nSPS) is 40.9. The van der Waals surface area contributed by atoms with E-state index in [2.05, 4.69) is 0 Å². The summed E-state index contributed by atoms with van der Waals surface area (Å²) in [6.45, 7) is 0. The predicted octanol–water partition coefficient (Wildman–Crippen LogP) is 4.10. The molecule has 150 valence electrons. The summed E-state index contributed by atoms with van der Waals surface area (Å²) in [5.41, 5.74) is 0.256. The number of hydrogen-bond acceptors (Lipinski definition) is 5. The van der Waals surface area contributed by atoms with Crippen molar-refractivity contribution >= 4 is 23.6 Å². The SMILES string of the molecule is COC1(c2ccc(/C=C/C(=O)O)c(O)c2Cl)OOC12C1CC3CC(C1)CC2C3. The molecule has 28 heavy (non-hydrogen) atoms. The number of rotatable bonds is 4. The molecule has 1 spiro atoms. The van der Waals surface area contributed by atoms with Crippen molar-refractivity contribution in [2.45, 2.75) is 43.5 Å². The largest absolute Gasteiger partial charge is 0.506 e. The van der Waals surface area contributed by atoms with Crippen LogP contribution >= 0.6 is 11.6 Å². The van der Waals surface area contributed by atoms with Crippen LogP contribution in [-0.4, -0.2) is 28.9 Å². The minimum Gasteiger partial charge on any atom is -0.506 e. The van der Waals surface area contributed by atoms with Crippen molar-refractivity contribution in [3.8, 4) is 5.75 Å². The molecule has 5 fully saturated rings. The second kappa shape index (κ2) is 6.20. The van der Waals surface area contributed by atoms with Gasteiger partial charge in [0.25, 0.3) is 5.79 Å². The zero-order chi connectivity index (χ0) is 19.7. The van der Waals surface area contributed by atoms with Gasteiger partial charge in [0.2, 0.25) is 0 Å². The molecule has 1 aromatic carbocycles. The Labute approximate surface area is 168 Å². The third-order valence-electron chi connectivity index (χ3n) is 7.36. The molecule has 0 amide bonds. The van der Waals surface area contributed by atoms with Gasteiger partial charge < -0.3 is 14.9 Å². The lowest BCUT2D eigenvalue weighted by Gasteiger charge is -2.68. The molecule has 6 nitrogen and oxygen atoms in total. The molecule has 4 saturated carbocycles. The summed E-state index contributed by atoms with van der Waals surface area (Å²) in [4.78, 5) is 22.4. The van der Waals surface area contributed by atoms with Crippen LogP contribution in [0, 0.1) is 23.7 Å². The summed E-state index contributed by atoms with van der Waals surface area (Å²) in [5.74, 6) is -0.291. The molecule has 1 heterocycles. The Morgan fingerprint density at radius 3 is 2.32 bits per heavy atom. The molecular weight excluding hydrogens is 384 g/mol. The fourth-order valence-corrected chi connectivity index (χ4v) is 6.76. The van der Waals surface area contributed by atoms with Crippen LogP contribution in [0.5, 0.6) is 5.75 Å². The van der Waals surface area contributed by atoms with Gasteiger partial charge in [-0.1, -0.05) is 23.7 Å². The summed E-state index contributed by atoms with van der Waals surface area (Å²) in [7, 11) is 1.58. The highest BCUT2D eigenvalue weighted by Crippen LogP contribution is 2.70. The number of ether oxygens (including phenoxy) is 1. The van der Waals surface area contributed by atoms with Gasteiger partial charge in [0.15, 0.2) is 5.60 Å². The van der Waals surface area contributed by atoms with Crippen molar-refractivity contribution in [1.82, 2.24) is 0 Å². The Morgan fingerprint density at radius 1 is 1.18 bits per heavy atom. The first-order valence-electron chi connectivity index (χ1n) is 9.76. The number of carbonyl (C=O) groups is 1. The standard InChI is InChI=1S/C21H23ClO6/c1-26-21(16-4-2-13(3-5-17(23)24)19(25)18(16)22)20(27-28-21)14-7-11-6-12(9-14)10-15(20)8-11/h2-5,11-12,14-15,25H,6-10H2,1H3,(H,23,24)/b5-3+. The van der Waals surface area contributed by atoms with E-state index in [1.165, 1.54) is 12.5 Å². The highest BCUT2D eigenvalue weighted by molar-refractivity contribution is 6.33. The van der Waals surface area contributed by atoms with Crippen LogP contribution in [0.3, 0.4) is 0 Å². The van der Waals surface area contributed by atoms with Crippen LogP contribution in [-0.2, 0) is 25.1 Å². The molecular formula is C21H23ClO6. The van der Waals surface area contributed by atoms with Crippen molar-refractivity contribution in [3.05, 3.63) is 34.4 Å². The minimum atomic E-state index is -1.17. The first kappa shape index (κ1) is 18.4. The van der Waals surface area contributed by atoms with E-state index in [1.54, 1.807) is 19.2 Å². The summed E-state index contributed by atoms with van der Waals surface area (Å²) in [6.07, 6.45) is 7.99. The van der Waals surface area contributed by atoms with Crippen molar-refractivity contribution in [2.24, 2.45) is 23.7 Å². The Morgan fingerprint density at radius 2 is 1.82 bits per heavy atom. The third kappa shape index (κ3) is 2.23. The molecule has 6 rings (SSSR count). The van der Waals surface area contributed by atoms with E-state index in [0.29, 0.717) is 23.0 Å². The maximum absolute atomic E-state index is 10.8. The Kier molecular flexibility index (Phi) is 4.08. The van der Waals surface area contributed by atoms with E-state index < -0.39 is 17.4 Å². The van der Waals surface area contributed by atoms with E-state index in [1.807, 2.05) is 0 Å². The molecule has 1 aliphatic heterocycles. The number of hydrogen-bond donors (Lipinski definition) is 2. The molecule has 0 aromatic heterocycles. The lowest BCUT2D eigenvalue weighted by atomic mass is 9.47. The molecule has 1 saturated heterocycles. The zero-order valence-corrected chi connectivity index (χ0v) is 16.3. The van der Waals surface area contributed by atoms with Crippen LogP contribution < -0.4 is 0 Å². The summed E-state index contributed by atoms with van der Waals surface area (Å²) in [5, 5.41) is 19.5. The fourth-order valence-electron chi connectivity index (χ4n) is 6.46. The molecule has 1 aromatic rings. The Balaban J connectivity index is 1.58. The quantitative estimate of drug-likeness (QED) is 0.578. The highest BCUT2D eigenvalue weighted by atomic mass is 35.5. The van der Waals surface area contributed by atoms with Gasteiger partial charge >= 0.3 is 5.97 Å². The van der Waals surface area contributed by atoms with Crippen LogP contribution in [0.25, 0.3) is 6.08 Å². The molecule has 7 heteroatoms. The number of carboxylic acids is 1. The van der Waals surface area contributed by atoms with Gasteiger partial charge in [-0.15, -0.1) is 0 Å². The summed E-state index contributed by atoms with van der Waals surface area (Å²) in [6, 6.07) is 3.37. The van der Waals surface area contributed by atoms with Gasteiger partial charge in [0, 0.05) is 24.3 Å². The molecule has 4 aliphatic carbocycles. The maximum atomic E-state index is 10.8. The van der Waals surface area contributed by atoms with Gasteiger partial charge in [-0.05, 0) is 61.9 Å². The van der Waals surface area contributed by atoms with E-state index in [4.69, 9.17) is 31.2 Å². The number of aromatic hydroxyl groups is 1. The van der Waals surface area contributed by atoms with E-state index in [0.717, 1.165) is 43.6 Å². The van der Waals surface area contributed by atoms with Crippen molar-refractivity contribution in [2.75, 3.05) is 7.11 Å². The Bertz CT molecular complexity index is 833. The number of carboxylic acid groups (broad SMARTS) is 1. The third-order valence-corrected chi connectivity index (χ3v) is 7.74. The predicted molar refractivity (Wildman–Crippen MR) is 100 cm³/mol. The van der Waals surface area contributed by atoms with E-state index >= 15 is 0 Å². The van der Waals surface area contributed by atoms with Gasteiger partial charge in [0.05, 0.1) is 5.02 Å². The lowest BCUT2D eigenvalue weighted by molar-refractivity contribution is -0.645. The monoisotopic (exact) mass is 406 g/mol. The number of benzene rings is 1. The van der Waals surface area contributed by atoms with Gasteiger partial charge in [-0.3, -0.25) is 0 Å². The van der Waals surface area contributed by atoms with E-state index in [-0.39, 0.29) is 10.8 Å². The van der Waals surface area contributed by atoms with E-state index in [9.17, 15) is 9.90 Å². The number of phenolic OH excluding ortho intramolecular Hbond substituents is 1. The number of methoxy groups -OCH3 is 1. The molecule has 5 aliphatic rings. The first-order valence-corrected chi connectivity index (χ1v) is 10.1. The second-order valence-corrected chi connectivity index (χ2v) is 9.00. The fraction of sp³-hybridized carbons (Fsp3) is 0.571. The Hall–Kier alpha value is -1.60. The van der Waals surface area contributed by atoms with Crippen LogP contribution in [0.1, 0.15) is 43.2 Å². The topological polar surface area (TPSA) is 85.2 Å². The number of phenols is 1. The second-order valence-electron chi connectivity index (χ2n) is 8.62. The highest BCUT2D eigenvalue weighted by Gasteiger charge is 2.77. The summed E-state index contributed by atoms with van der Waals surface area (Å²) < 4.78 is 5.96. The zero-order valence-electron chi connectivity index (χ0n) is 15.6. The minimum absolute atomic E-state index is 0.103. The average Bonchev–Trinajstić information content (AvgIpc) is 2.63. The van der Waals surface area contributed by atoms with Crippen molar-refractivity contribution in [3.63, 3.8) is 0 Å².